The lowest BCUT2D eigenvalue weighted by Crippen LogP contribution is -2.42. The van der Waals surface area contributed by atoms with Crippen molar-refractivity contribution in [3.05, 3.63) is 58.5 Å². The Morgan fingerprint density at radius 3 is 2.76 bits per heavy atom. The van der Waals surface area contributed by atoms with E-state index in [9.17, 15) is 4.79 Å². The van der Waals surface area contributed by atoms with Crippen molar-refractivity contribution in [3.8, 4) is 11.3 Å². The van der Waals surface area contributed by atoms with E-state index in [1.165, 1.54) is 0 Å². The predicted molar refractivity (Wildman–Crippen MR) is 112 cm³/mol. The highest BCUT2D eigenvalue weighted by atomic mass is 79.9. The van der Waals surface area contributed by atoms with Gasteiger partial charge in [-0.15, -0.1) is 5.10 Å². The van der Waals surface area contributed by atoms with Crippen molar-refractivity contribution in [2.45, 2.75) is 19.6 Å². The summed E-state index contributed by atoms with van der Waals surface area (Å²) in [4.78, 5) is 14.6. The van der Waals surface area contributed by atoms with Crippen molar-refractivity contribution < 1.29 is 9.21 Å². The maximum atomic E-state index is 12.2. The number of furan rings is 1. The number of aromatic nitrogens is 3. The van der Waals surface area contributed by atoms with Gasteiger partial charge in [0.1, 0.15) is 18.1 Å². The predicted octanol–water partition coefficient (Wildman–Crippen LogP) is 2.02. The van der Waals surface area contributed by atoms with Gasteiger partial charge in [-0.1, -0.05) is 33.3 Å². The quantitative estimate of drug-likeness (QED) is 0.562. The Morgan fingerprint density at radius 1 is 1.17 bits per heavy atom. The third-order valence-electron chi connectivity index (χ3n) is 4.74. The van der Waals surface area contributed by atoms with Crippen LogP contribution in [0.2, 0.25) is 0 Å². The summed E-state index contributed by atoms with van der Waals surface area (Å²) in [6.07, 6.45) is 1.83. The number of amides is 1. The summed E-state index contributed by atoms with van der Waals surface area (Å²) in [5, 5.41) is 14.4. The van der Waals surface area contributed by atoms with Crippen LogP contribution in [-0.2, 0) is 24.4 Å². The maximum Gasteiger partial charge on any atom is 0.242 e. The van der Waals surface area contributed by atoms with E-state index in [2.05, 4.69) is 41.8 Å². The van der Waals surface area contributed by atoms with Gasteiger partial charge in [0.05, 0.1) is 18.4 Å². The van der Waals surface area contributed by atoms with Crippen molar-refractivity contribution >= 4 is 21.8 Å². The van der Waals surface area contributed by atoms with Crippen LogP contribution in [0.1, 0.15) is 11.5 Å². The Hall–Kier alpha value is -2.49. The van der Waals surface area contributed by atoms with Crippen molar-refractivity contribution in [1.29, 1.82) is 0 Å². The Bertz CT molecular complexity index is 946. The van der Waals surface area contributed by atoms with Gasteiger partial charge in [-0.25, -0.2) is 4.68 Å². The highest BCUT2D eigenvalue weighted by Crippen LogP contribution is 2.23. The first-order valence-corrected chi connectivity index (χ1v) is 10.4. The van der Waals surface area contributed by atoms with Crippen LogP contribution in [0.25, 0.3) is 11.3 Å². The molecule has 0 atom stereocenters. The smallest absolute Gasteiger partial charge is 0.242 e. The van der Waals surface area contributed by atoms with E-state index in [1.54, 1.807) is 4.68 Å². The molecule has 2 N–H and O–H groups in total. The molecule has 0 unspecified atom stereocenters. The summed E-state index contributed by atoms with van der Waals surface area (Å²) < 4.78 is 8.41. The molecular weight excluding hydrogens is 436 g/mol. The fraction of sp³-hybridized carbons (Fsp3) is 0.350. The Morgan fingerprint density at radius 2 is 1.97 bits per heavy atom. The maximum absolute atomic E-state index is 12.2. The number of hydrogen-bond donors (Lipinski definition) is 2. The zero-order chi connectivity index (χ0) is 20.1. The molecule has 4 rings (SSSR count). The van der Waals surface area contributed by atoms with Gasteiger partial charge < -0.3 is 15.1 Å². The number of hydrogen-bond acceptors (Lipinski definition) is 6. The lowest BCUT2D eigenvalue weighted by Gasteiger charge is -2.25. The average Bonchev–Trinajstić information content (AvgIpc) is 3.37. The van der Waals surface area contributed by atoms with Gasteiger partial charge in [-0.3, -0.25) is 9.69 Å². The molecule has 0 spiro atoms. The van der Waals surface area contributed by atoms with Crippen molar-refractivity contribution in [2.24, 2.45) is 0 Å². The molecule has 8 nitrogen and oxygen atoms in total. The SMILES string of the molecule is O=C(Cn1cc(CN2CCNCC2)nn1)NCc1ccc(-c2ccc(Br)cc2)o1. The van der Waals surface area contributed by atoms with Crippen LogP contribution >= 0.6 is 15.9 Å². The van der Waals surface area contributed by atoms with Crippen LogP contribution < -0.4 is 10.6 Å². The monoisotopic (exact) mass is 458 g/mol. The van der Waals surface area contributed by atoms with Gasteiger partial charge in [-0.05, 0) is 24.3 Å². The molecule has 3 heterocycles. The summed E-state index contributed by atoms with van der Waals surface area (Å²) in [6, 6.07) is 11.7. The van der Waals surface area contributed by atoms with Crippen LogP contribution in [0.15, 0.2) is 51.5 Å². The number of piperazine rings is 1. The molecule has 0 radical (unpaired) electrons. The summed E-state index contributed by atoms with van der Waals surface area (Å²) in [7, 11) is 0. The number of carbonyl (C=O) groups excluding carboxylic acids is 1. The van der Waals surface area contributed by atoms with E-state index in [1.807, 2.05) is 42.6 Å². The minimum absolute atomic E-state index is 0.134. The average molecular weight is 459 g/mol. The van der Waals surface area contributed by atoms with Crippen LogP contribution in [0.3, 0.4) is 0 Å². The highest BCUT2D eigenvalue weighted by Gasteiger charge is 2.13. The first-order valence-electron chi connectivity index (χ1n) is 9.59. The van der Waals surface area contributed by atoms with Crippen LogP contribution in [-0.4, -0.2) is 52.0 Å². The Kier molecular flexibility index (Phi) is 6.38. The molecule has 9 heteroatoms. The van der Waals surface area contributed by atoms with Gasteiger partial charge in [0, 0.05) is 42.8 Å². The second kappa shape index (κ2) is 9.34. The molecule has 0 bridgehead atoms. The highest BCUT2D eigenvalue weighted by molar-refractivity contribution is 9.10. The molecule has 0 aliphatic carbocycles. The summed E-state index contributed by atoms with van der Waals surface area (Å²) >= 11 is 3.42. The fourth-order valence-corrected chi connectivity index (χ4v) is 3.48. The Balaban J connectivity index is 1.25. The first kappa shape index (κ1) is 19.8. The first-order chi connectivity index (χ1) is 14.2. The van der Waals surface area contributed by atoms with Gasteiger partial charge in [0.25, 0.3) is 0 Å². The molecule has 1 fully saturated rings. The number of nitrogens with one attached hydrogen (secondary N) is 2. The number of nitrogens with zero attached hydrogens (tertiary/aromatic N) is 4. The standard InChI is InChI=1S/C20H23BrN6O2/c21-16-3-1-15(2-4-16)19-6-5-18(29-19)11-23-20(28)14-27-13-17(24-25-27)12-26-9-7-22-8-10-26/h1-6,13,22H,7-12,14H2,(H,23,28). The van der Waals surface area contributed by atoms with Crippen molar-refractivity contribution in [1.82, 2.24) is 30.5 Å². The van der Waals surface area contributed by atoms with E-state index >= 15 is 0 Å². The molecule has 1 aliphatic rings. The normalized spacial score (nSPS) is 14.8. The zero-order valence-electron chi connectivity index (χ0n) is 16.0. The third kappa shape index (κ3) is 5.53. The van der Waals surface area contributed by atoms with Gasteiger partial charge in [0.15, 0.2) is 0 Å². The lowest BCUT2D eigenvalue weighted by molar-refractivity contribution is -0.122. The van der Waals surface area contributed by atoms with E-state index in [4.69, 9.17) is 4.42 Å². The van der Waals surface area contributed by atoms with E-state index in [0.29, 0.717) is 12.3 Å². The van der Waals surface area contributed by atoms with Crippen LogP contribution in [0.5, 0.6) is 0 Å². The molecule has 2 aromatic heterocycles. The largest absolute Gasteiger partial charge is 0.459 e. The molecule has 1 aromatic carbocycles. The fourth-order valence-electron chi connectivity index (χ4n) is 3.22. The van der Waals surface area contributed by atoms with Crippen LogP contribution in [0.4, 0.5) is 0 Å². The number of rotatable bonds is 7. The third-order valence-corrected chi connectivity index (χ3v) is 5.27. The van der Waals surface area contributed by atoms with E-state index in [0.717, 1.165) is 54.2 Å². The topological polar surface area (TPSA) is 88.2 Å². The summed E-state index contributed by atoms with van der Waals surface area (Å²) in [6.45, 7) is 5.21. The Labute approximate surface area is 177 Å². The number of benzene rings is 1. The lowest BCUT2D eigenvalue weighted by atomic mass is 10.2. The van der Waals surface area contributed by atoms with Crippen molar-refractivity contribution in [3.63, 3.8) is 0 Å². The van der Waals surface area contributed by atoms with E-state index in [-0.39, 0.29) is 12.5 Å². The second-order valence-corrected chi connectivity index (χ2v) is 7.90. The van der Waals surface area contributed by atoms with Gasteiger partial charge >= 0.3 is 0 Å². The molecule has 3 aromatic rings. The van der Waals surface area contributed by atoms with Crippen molar-refractivity contribution in [2.75, 3.05) is 26.2 Å². The van der Waals surface area contributed by atoms with E-state index < -0.39 is 0 Å². The molecule has 152 valence electrons. The molecular formula is C20H23BrN6O2. The molecule has 29 heavy (non-hydrogen) atoms. The molecule has 1 amide bonds. The van der Waals surface area contributed by atoms with Gasteiger partial charge in [-0.2, -0.15) is 0 Å². The zero-order valence-corrected chi connectivity index (χ0v) is 17.6. The molecule has 1 saturated heterocycles. The second-order valence-electron chi connectivity index (χ2n) is 6.98. The number of halogens is 1. The molecule has 0 saturated carbocycles. The number of carbonyl (C=O) groups is 1. The minimum atomic E-state index is -0.134. The minimum Gasteiger partial charge on any atom is -0.459 e. The molecule has 1 aliphatic heterocycles. The summed E-state index contributed by atoms with van der Waals surface area (Å²) in [5.74, 6) is 1.34. The summed E-state index contributed by atoms with van der Waals surface area (Å²) in [5.41, 5.74) is 1.87. The van der Waals surface area contributed by atoms with Crippen LogP contribution in [0, 0.1) is 0 Å². The van der Waals surface area contributed by atoms with Gasteiger partial charge in [0.2, 0.25) is 5.91 Å².